The smallest absolute Gasteiger partial charge is 0.115 e. The van der Waals surface area contributed by atoms with Gasteiger partial charge in [0.2, 0.25) is 0 Å². The Balaban J connectivity index is 1.57. The predicted octanol–water partition coefficient (Wildman–Crippen LogP) is 5.55. The highest BCUT2D eigenvalue weighted by Crippen LogP contribution is 2.53. The highest BCUT2D eigenvalue weighted by atomic mass is 16.3. The van der Waals surface area contributed by atoms with Gasteiger partial charge in [0.05, 0.1) is 0 Å². The van der Waals surface area contributed by atoms with Crippen molar-refractivity contribution in [3.8, 4) is 5.75 Å². The third kappa shape index (κ3) is 3.65. The van der Waals surface area contributed by atoms with E-state index in [4.69, 9.17) is 0 Å². The van der Waals surface area contributed by atoms with Gasteiger partial charge in [0, 0.05) is 18.0 Å². The van der Waals surface area contributed by atoms with Gasteiger partial charge in [-0.2, -0.15) is 0 Å². The summed E-state index contributed by atoms with van der Waals surface area (Å²) in [6.07, 6.45) is 8.84. The fourth-order valence-electron chi connectivity index (χ4n) is 5.93. The van der Waals surface area contributed by atoms with Crippen molar-refractivity contribution >= 4 is 0 Å². The Morgan fingerprint density at radius 3 is 2.70 bits per heavy atom. The molecule has 1 aliphatic heterocycles. The number of hydrogen-bond acceptors (Lipinski definition) is 2. The molecule has 0 amide bonds. The van der Waals surface area contributed by atoms with E-state index in [1.54, 1.807) is 0 Å². The van der Waals surface area contributed by atoms with Crippen LogP contribution in [0.5, 0.6) is 5.75 Å². The van der Waals surface area contributed by atoms with Crippen LogP contribution in [-0.4, -0.2) is 29.1 Å². The molecular formula is C25H33NO. The number of benzene rings is 2. The quantitative estimate of drug-likeness (QED) is 0.727. The van der Waals surface area contributed by atoms with Gasteiger partial charge in [-0.15, -0.1) is 0 Å². The van der Waals surface area contributed by atoms with Gasteiger partial charge >= 0.3 is 0 Å². The lowest BCUT2D eigenvalue weighted by Gasteiger charge is -2.57. The van der Waals surface area contributed by atoms with Crippen molar-refractivity contribution in [3.63, 3.8) is 0 Å². The van der Waals surface area contributed by atoms with Crippen LogP contribution in [0, 0.1) is 5.92 Å². The summed E-state index contributed by atoms with van der Waals surface area (Å²) in [5.41, 5.74) is 3.10. The van der Waals surface area contributed by atoms with E-state index in [-0.39, 0.29) is 5.41 Å². The van der Waals surface area contributed by atoms with Gasteiger partial charge in [0.15, 0.2) is 0 Å². The molecule has 2 aliphatic rings. The number of hydrogen-bond donors (Lipinski definition) is 1. The van der Waals surface area contributed by atoms with E-state index in [0.29, 0.717) is 17.7 Å². The third-order valence-corrected chi connectivity index (χ3v) is 7.16. The van der Waals surface area contributed by atoms with Crippen LogP contribution in [0.15, 0.2) is 54.6 Å². The highest BCUT2D eigenvalue weighted by Gasteiger charge is 2.50. The van der Waals surface area contributed by atoms with E-state index in [0.717, 1.165) is 6.42 Å². The average Bonchev–Trinajstić information content (AvgIpc) is 2.69. The predicted molar refractivity (Wildman–Crippen MR) is 112 cm³/mol. The SMILES string of the molecule is CCC[C@H]1[C@@H]2CCC[C@@]1(c1cccc(O)c1)CCN2CCc1ccccc1. The topological polar surface area (TPSA) is 23.5 Å². The van der Waals surface area contributed by atoms with E-state index >= 15 is 0 Å². The fraction of sp³-hybridized carbons (Fsp3) is 0.520. The normalized spacial score (nSPS) is 28.2. The zero-order valence-corrected chi connectivity index (χ0v) is 16.6. The summed E-state index contributed by atoms with van der Waals surface area (Å²) in [6, 6.07) is 19.8. The lowest BCUT2D eigenvalue weighted by Crippen LogP contribution is -2.58. The second-order valence-corrected chi connectivity index (χ2v) is 8.58. The summed E-state index contributed by atoms with van der Waals surface area (Å²) < 4.78 is 0. The highest BCUT2D eigenvalue weighted by molar-refractivity contribution is 5.35. The first-order valence-electron chi connectivity index (χ1n) is 10.8. The molecule has 1 N–H and O–H groups in total. The van der Waals surface area contributed by atoms with Crippen LogP contribution in [0.1, 0.15) is 56.6 Å². The number of fused-ring (bicyclic) bond motifs is 2. The first kappa shape index (κ1) is 18.6. The zero-order chi connectivity index (χ0) is 18.7. The molecule has 2 heteroatoms. The number of phenols is 1. The van der Waals surface area contributed by atoms with Crippen molar-refractivity contribution in [2.24, 2.45) is 5.92 Å². The van der Waals surface area contributed by atoms with Crippen LogP contribution in [0.3, 0.4) is 0 Å². The summed E-state index contributed by atoms with van der Waals surface area (Å²) in [5, 5.41) is 10.1. The molecule has 1 heterocycles. The van der Waals surface area contributed by atoms with Gasteiger partial charge in [0.25, 0.3) is 0 Å². The molecule has 2 aromatic carbocycles. The summed E-state index contributed by atoms with van der Waals surface area (Å²) in [4.78, 5) is 2.79. The molecule has 4 rings (SSSR count). The minimum atomic E-state index is 0.265. The maximum Gasteiger partial charge on any atom is 0.115 e. The first-order valence-corrected chi connectivity index (χ1v) is 10.8. The Morgan fingerprint density at radius 1 is 1.07 bits per heavy atom. The second kappa shape index (κ2) is 8.06. The number of piperidine rings is 1. The number of phenolic OH excluding ortho intramolecular Hbond substituents is 1. The molecule has 144 valence electrons. The molecule has 1 saturated heterocycles. The lowest BCUT2D eigenvalue weighted by molar-refractivity contribution is -0.0158. The summed E-state index contributed by atoms with van der Waals surface area (Å²) in [5.74, 6) is 1.13. The summed E-state index contributed by atoms with van der Waals surface area (Å²) in [7, 11) is 0. The Hall–Kier alpha value is -1.80. The van der Waals surface area contributed by atoms with Gasteiger partial charge in [-0.05, 0) is 67.8 Å². The summed E-state index contributed by atoms with van der Waals surface area (Å²) in [6.45, 7) is 4.69. The summed E-state index contributed by atoms with van der Waals surface area (Å²) >= 11 is 0. The van der Waals surface area contributed by atoms with Crippen LogP contribution < -0.4 is 0 Å². The molecule has 2 nitrogen and oxygen atoms in total. The van der Waals surface area contributed by atoms with Gasteiger partial charge in [-0.3, -0.25) is 4.90 Å². The fourth-order valence-corrected chi connectivity index (χ4v) is 5.93. The largest absolute Gasteiger partial charge is 0.508 e. The van der Waals surface area contributed by atoms with Crippen molar-refractivity contribution in [3.05, 3.63) is 65.7 Å². The third-order valence-electron chi connectivity index (χ3n) is 7.16. The van der Waals surface area contributed by atoms with Gasteiger partial charge in [0.1, 0.15) is 5.75 Å². The minimum Gasteiger partial charge on any atom is -0.508 e. The lowest BCUT2D eigenvalue weighted by atomic mass is 9.55. The molecule has 0 radical (unpaired) electrons. The van der Waals surface area contributed by atoms with Crippen LogP contribution in [0.2, 0.25) is 0 Å². The van der Waals surface area contributed by atoms with Crippen molar-refractivity contribution in [2.75, 3.05) is 13.1 Å². The van der Waals surface area contributed by atoms with Crippen LogP contribution >= 0.6 is 0 Å². The zero-order valence-electron chi connectivity index (χ0n) is 16.6. The maximum absolute atomic E-state index is 10.1. The van der Waals surface area contributed by atoms with E-state index in [2.05, 4.69) is 48.2 Å². The average molecular weight is 364 g/mol. The molecule has 2 aromatic rings. The molecule has 0 aromatic heterocycles. The van der Waals surface area contributed by atoms with Crippen molar-refractivity contribution in [1.29, 1.82) is 0 Å². The Morgan fingerprint density at radius 2 is 1.93 bits per heavy atom. The molecular weight excluding hydrogens is 330 g/mol. The maximum atomic E-state index is 10.1. The van der Waals surface area contributed by atoms with Crippen molar-refractivity contribution in [2.45, 2.75) is 63.3 Å². The Kier molecular flexibility index (Phi) is 5.54. The van der Waals surface area contributed by atoms with E-state index in [9.17, 15) is 5.11 Å². The van der Waals surface area contributed by atoms with Gasteiger partial charge < -0.3 is 5.11 Å². The molecule has 1 saturated carbocycles. The van der Waals surface area contributed by atoms with Gasteiger partial charge in [-0.25, -0.2) is 0 Å². The molecule has 0 spiro atoms. The molecule has 3 atom stereocenters. The van der Waals surface area contributed by atoms with Crippen LogP contribution in [0.4, 0.5) is 0 Å². The molecule has 1 aliphatic carbocycles. The van der Waals surface area contributed by atoms with Gasteiger partial charge in [-0.1, -0.05) is 62.2 Å². The Labute approximate surface area is 164 Å². The number of rotatable bonds is 6. The van der Waals surface area contributed by atoms with E-state index < -0.39 is 0 Å². The first-order chi connectivity index (χ1) is 13.2. The van der Waals surface area contributed by atoms with Crippen LogP contribution in [-0.2, 0) is 11.8 Å². The molecule has 0 unspecified atom stereocenters. The van der Waals surface area contributed by atoms with Crippen LogP contribution in [0.25, 0.3) is 0 Å². The van der Waals surface area contributed by atoms with Crippen molar-refractivity contribution in [1.82, 2.24) is 4.90 Å². The Bertz CT molecular complexity index is 743. The number of likely N-dealkylation sites (tertiary alicyclic amines) is 1. The molecule has 2 fully saturated rings. The second-order valence-electron chi connectivity index (χ2n) is 8.58. The standard InChI is InChI=1S/C25H33NO/c1-2-8-23-24-13-7-15-25(23,21-11-6-12-22(27)19-21)16-18-26(24)17-14-20-9-4-3-5-10-20/h3-6,9-12,19,23-24,27H,2,7-8,13-18H2,1H3/t23-,24-,25-/m0/s1. The number of aromatic hydroxyl groups is 1. The van der Waals surface area contributed by atoms with E-state index in [1.807, 2.05) is 18.2 Å². The molecule has 2 bridgehead atoms. The number of nitrogens with zero attached hydrogens (tertiary/aromatic N) is 1. The van der Waals surface area contributed by atoms with E-state index in [1.165, 1.54) is 62.7 Å². The monoisotopic (exact) mass is 363 g/mol. The van der Waals surface area contributed by atoms with Crippen molar-refractivity contribution < 1.29 is 5.11 Å². The minimum absolute atomic E-state index is 0.265. The molecule has 27 heavy (non-hydrogen) atoms.